The van der Waals surface area contributed by atoms with Crippen LogP contribution in [-0.2, 0) is 10.0 Å². The molecule has 0 unspecified atom stereocenters. The van der Waals surface area contributed by atoms with Gasteiger partial charge >= 0.3 is 5.97 Å². The number of nitrogens with zero attached hydrogens (tertiary/aromatic N) is 2. The molecule has 0 aliphatic rings. The van der Waals surface area contributed by atoms with Crippen LogP contribution in [0.1, 0.15) is 10.4 Å². The van der Waals surface area contributed by atoms with E-state index in [9.17, 15) is 13.2 Å². The highest BCUT2D eigenvalue weighted by atomic mass is 32.2. The van der Waals surface area contributed by atoms with Crippen LogP contribution in [-0.4, -0.2) is 31.5 Å². The number of rotatable bonds is 4. The largest absolute Gasteiger partial charge is 0.478 e. The maximum atomic E-state index is 12.4. The molecule has 1 N–H and O–H groups in total. The number of aromatic nitrogens is 1. The number of carboxylic acids is 1. The first-order chi connectivity index (χ1) is 9.43. The summed E-state index contributed by atoms with van der Waals surface area (Å²) < 4.78 is 25.9. The lowest BCUT2D eigenvalue weighted by molar-refractivity contribution is 0.0696. The van der Waals surface area contributed by atoms with Gasteiger partial charge in [0, 0.05) is 13.2 Å². The standard InChI is InChI=1S/C13H12N2O4S/c1-15(11-5-3-7-14-9-11)20(18,19)12-6-2-4-10(8-12)13(16)17/h2-9H,1H3,(H,16,17). The van der Waals surface area contributed by atoms with Gasteiger partial charge in [-0.2, -0.15) is 0 Å². The molecule has 6 nitrogen and oxygen atoms in total. The van der Waals surface area contributed by atoms with Crippen LogP contribution < -0.4 is 4.31 Å². The zero-order chi connectivity index (χ0) is 14.8. The lowest BCUT2D eigenvalue weighted by Gasteiger charge is -2.19. The van der Waals surface area contributed by atoms with Crippen molar-refractivity contribution in [2.45, 2.75) is 4.90 Å². The molecule has 0 amide bonds. The van der Waals surface area contributed by atoms with Gasteiger partial charge in [0.15, 0.2) is 0 Å². The second-order valence-electron chi connectivity index (χ2n) is 4.02. The van der Waals surface area contributed by atoms with Gasteiger partial charge in [-0.1, -0.05) is 6.07 Å². The normalized spacial score (nSPS) is 11.1. The summed E-state index contributed by atoms with van der Waals surface area (Å²) in [6.07, 6.45) is 2.95. The van der Waals surface area contributed by atoms with E-state index in [1.165, 1.54) is 37.6 Å². The lowest BCUT2D eigenvalue weighted by Crippen LogP contribution is -2.26. The summed E-state index contributed by atoms with van der Waals surface area (Å²) in [6, 6.07) is 8.44. The maximum Gasteiger partial charge on any atom is 0.335 e. The molecular weight excluding hydrogens is 280 g/mol. The summed E-state index contributed by atoms with van der Waals surface area (Å²) in [4.78, 5) is 14.7. The van der Waals surface area contributed by atoms with Crippen LogP contribution in [0.15, 0.2) is 53.7 Å². The predicted molar refractivity (Wildman–Crippen MR) is 73.2 cm³/mol. The first-order valence-corrected chi connectivity index (χ1v) is 7.09. The smallest absolute Gasteiger partial charge is 0.335 e. The molecule has 0 saturated heterocycles. The summed E-state index contributed by atoms with van der Waals surface area (Å²) in [5, 5.41) is 8.91. The van der Waals surface area contributed by atoms with E-state index < -0.39 is 16.0 Å². The molecule has 1 aromatic heterocycles. The van der Waals surface area contributed by atoms with Gasteiger partial charge in [0.2, 0.25) is 0 Å². The molecule has 0 aliphatic carbocycles. The zero-order valence-electron chi connectivity index (χ0n) is 10.6. The fraction of sp³-hybridized carbons (Fsp3) is 0.0769. The Labute approximate surface area is 116 Å². The molecule has 0 fully saturated rings. The van der Waals surface area contributed by atoms with Crippen LogP contribution >= 0.6 is 0 Å². The Hall–Kier alpha value is -2.41. The van der Waals surface area contributed by atoms with Crippen LogP contribution in [0.5, 0.6) is 0 Å². The Balaban J connectivity index is 2.45. The molecule has 2 rings (SSSR count). The highest BCUT2D eigenvalue weighted by Gasteiger charge is 2.22. The van der Waals surface area contributed by atoms with Gasteiger partial charge in [0.25, 0.3) is 10.0 Å². The minimum absolute atomic E-state index is 0.0781. The van der Waals surface area contributed by atoms with Crippen LogP contribution in [0.2, 0.25) is 0 Å². The third-order valence-corrected chi connectivity index (χ3v) is 4.53. The first kappa shape index (κ1) is 14.0. The summed E-state index contributed by atoms with van der Waals surface area (Å²) in [5.41, 5.74) is 0.318. The molecule has 104 valence electrons. The first-order valence-electron chi connectivity index (χ1n) is 5.65. The number of aromatic carboxylic acids is 1. The average Bonchev–Trinajstić information content (AvgIpc) is 2.47. The number of sulfonamides is 1. The Morgan fingerprint density at radius 1 is 1.25 bits per heavy atom. The van der Waals surface area contributed by atoms with E-state index in [0.717, 1.165) is 10.4 Å². The van der Waals surface area contributed by atoms with E-state index in [-0.39, 0.29) is 10.5 Å². The number of carboxylic acid groups (broad SMARTS) is 1. The lowest BCUT2D eigenvalue weighted by atomic mass is 10.2. The number of carbonyl (C=O) groups is 1. The van der Waals surface area contributed by atoms with Crippen molar-refractivity contribution in [2.75, 3.05) is 11.4 Å². The molecule has 1 aromatic carbocycles. The number of anilines is 1. The fourth-order valence-electron chi connectivity index (χ4n) is 1.63. The molecule has 1 heterocycles. The quantitative estimate of drug-likeness (QED) is 0.925. The minimum atomic E-state index is -3.82. The van der Waals surface area contributed by atoms with Crippen molar-refractivity contribution in [3.05, 3.63) is 54.4 Å². The number of hydrogen-bond acceptors (Lipinski definition) is 4. The molecule has 0 spiro atoms. The van der Waals surface area contributed by atoms with Crippen molar-refractivity contribution in [3.63, 3.8) is 0 Å². The molecular formula is C13H12N2O4S. The highest BCUT2D eigenvalue weighted by Crippen LogP contribution is 2.21. The molecule has 2 aromatic rings. The Morgan fingerprint density at radius 2 is 2.00 bits per heavy atom. The summed E-state index contributed by atoms with van der Waals surface area (Å²) in [6.45, 7) is 0. The second kappa shape index (κ2) is 5.30. The van der Waals surface area contributed by atoms with Crippen molar-refractivity contribution in [1.29, 1.82) is 0 Å². The van der Waals surface area contributed by atoms with Gasteiger partial charge in [-0.15, -0.1) is 0 Å². The van der Waals surface area contributed by atoms with Crippen molar-refractivity contribution < 1.29 is 18.3 Å². The monoisotopic (exact) mass is 292 g/mol. The van der Waals surface area contributed by atoms with Gasteiger partial charge < -0.3 is 5.11 Å². The highest BCUT2D eigenvalue weighted by molar-refractivity contribution is 7.92. The van der Waals surface area contributed by atoms with E-state index >= 15 is 0 Å². The molecule has 20 heavy (non-hydrogen) atoms. The average molecular weight is 292 g/mol. The molecule has 0 atom stereocenters. The van der Waals surface area contributed by atoms with E-state index in [2.05, 4.69) is 4.98 Å². The molecule has 7 heteroatoms. The van der Waals surface area contributed by atoms with Crippen LogP contribution in [0.25, 0.3) is 0 Å². The predicted octanol–water partition coefficient (Wildman–Crippen LogP) is 1.60. The van der Waals surface area contributed by atoms with E-state index in [1.54, 1.807) is 12.1 Å². The van der Waals surface area contributed by atoms with Crippen molar-refractivity contribution in [1.82, 2.24) is 4.98 Å². The molecule has 0 aliphatic heterocycles. The van der Waals surface area contributed by atoms with Crippen molar-refractivity contribution in [3.8, 4) is 0 Å². The van der Waals surface area contributed by atoms with E-state index in [0.29, 0.717) is 5.69 Å². The number of benzene rings is 1. The maximum absolute atomic E-state index is 12.4. The Bertz CT molecular complexity index is 729. The zero-order valence-corrected chi connectivity index (χ0v) is 11.4. The molecule has 0 radical (unpaired) electrons. The molecule has 0 bridgehead atoms. The Morgan fingerprint density at radius 3 is 2.60 bits per heavy atom. The summed E-state index contributed by atoms with van der Waals surface area (Å²) in [5.74, 6) is -1.17. The van der Waals surface area contributed by atoms with Gasteiger partial charge in [0.05, 0.1) is 22.3 Å². The number of pyridine rings is 1. The third-order valence-electron chi connectivity index (χ3n) is 2.75. The van der Waals surface area contributed by atoms with Gasteiger partial charge in [0.1, 0.15) is 0 Å². The van der Waals surface area contributed by atoms with Crippen molar-refractivity contribution in [2.24, 2.45) is 0 Å². The van der Waals surface area contributed by atoms with Crippen molar-refractivity contribution >= 4 is 21.7 Å². The topological polar surface area (TPSA) is 87.6 Å². The number of hydrogen-bond donors (Lipinski definition) is 1. The fourth-order valence-corrected chi connectivity index (χ4v) is 2.85. The summed E-state index contributed by atoms with van der Waals surface area (Å²) in [7, 11) is -2.43. The van der Waals surface area contributed by atoms with Gasteiger partial charge in [-0.25, -0.2) is 13.2 Å². The minimum Gasteiger partial charge on any atom is -0.478 e. The second-order valence-corrected chi connectivity index (χ2v) is 5.99. The van der Waals surface area contributed by atoms with E-state index in [4.69, 9.17) is 5.11 Å². The third kappa shape index (κ3) is 2.62. The van der Waals surface area contributed by atoms with Crippen LogP contribution in [0.3, 0.4) is 0 Å². The van der Waals surface area contributed by atoms with Gasteiger partial charge in [-0.3, -0.25) is 9.29 Å². The van der Waals surface area contributed by atoms with Gasteiger partial charge in [-0.05, 0) is 30.3 Å². The Kier molecular flexibility index (Phi) is 3.71. The summed E-state index contributed by atoms with van der Waals surface area (Å²) >= 11 is 0. The van der Waals surface area contributed by atoms with E-state index in [1.807, 2.05) is 0 Å². The molecule has 0 saturated carbocycles. The van der Waals surface area contributed by atoms with Crippen LogP contribution in [0.4, 0.5) is 5.69 Å². The van der Waals surface area contributed by atoms with Crippen LogP contribution in [0, 0.1) is 0 Å². The SMILES string of the molecule is CN(c1cccnc1)S(=O)(=O)c1cccc(C(=O)O)c1.